The van der Waals surface area contributed by atoms with E-state index in [2.05, 4.69) is 37.0 Å². The summed E-state index contributed by atoms with van der Waals surface area (Å²) >= 11 is 6.45. The molecular formula is C16H19Br2NO4. The molecule has 0 bridgehead atoms. The molecule has 1 fully saturated rings. The lowest BCUT2D eigenvalue weighted by Gasteiger charge is -2.18. The average molecular weight is 449 g/mol. The van der Waals surface area contributed by atoms with Crippen molar-refractivity contribution in [3.8, 4) is 0 Å². The summed E-state index contributed by atoms with van der Waals surface area (Å²) in [6, 6.07) is 9.74. The summed E-state index contributed by atoms with van der Waals surface area (Å²) in [5.41, 5.74) is 1.02. The van der Waals surface area contributed by atoms with Crippen LogP contribution >= 0.6 is 31.9 Å². The van der Waals surface area contributed by atoms with E-state index in [1.165, 1.54) is 6.21 Å². The van der Waals surface area contributed by atoms with Crippen LogP contribution in [0.25, 0.3) is 0 Å². The zero-order valence-corrected chi connectivity index (χ0v) is 16.0. The van der Waals surface area contributed by atoms with E-state index >= 15 is 0 Å². The first-order valence-corrected chi connectivity index (χ1v) is 8.72. The van der Waals surface area contributed by atoms with Crippen LogP contribution in [0.2, 0.25) is 0 Å². The van der Waals surface area contributed by atoms with Crippen molar-refractivity contribution in [1.82, 2.24) is 0 Å². The van der Waals surface area contributed by atoms with Gasteiger partial charge in [-0.2, -0.15) is 0 Å². The van der Waals surface area contributed by atoms with Crippen molar-refractivity contribution in [3.63, 3.8) is 0 Å². The van der Waals surface area contributed by atoms with E-state index in [1.807, 2.05) is 30.3 Å². The molecule has 3 atom stereocenters. The molecule has 1 heterocycles. The Labute approximate surface area is 152 Å². The van der Waals surface area contributed by atoms with Crippen molar-refractivity contribution in [3.05, 3.63) is 45.4 Å². The molecule has 0 aliphatic carbocycles. The average Bonchev–Trinajstić information content (AvgIpc) is 2.79. The third-order valence-corrected chi connectivity index (χ3v) is 3.68. The summed E-state index contributed by atoms with van der Waals surface area (Å²) < 4.78 is 12.1. The van der Waals surface area contributed by atoms with Gasteiger partial charge in [-0.15, -0.1) is 0 Å². The monoisotopic (exact) mass is 447 g/mol. The molecule has 0 unspecified atom stereocenters. The van der Waals surface area contributed by atoms with Gasteiger partial charge in [0.05, 0.1) is 9.61 Å². The van der Waals surface area contributed by atoms with Crippen LogP contribution in [0.5, 0.6) is 0 Å². The smallest absolute Gasteiger partial charge is 0.164 e. The summed E-state index contributed by atoms with van der Waals surface area (Å²) in [6.45, 7) is 3.95. The van der Waals surface area contributed by atoms with Gasteiger partial charge in [-0.05, 0) is 57.3 Å². The summed E-state index contributed by atoms with van der Waals surface area (Å²) in [5.74, 6) is -0.797. The highest BCUT2D eigenvalue weighted by atomic mass is 79.9. The largest absolute Gasteiger partial charge is 0.391 e. The maximum Gasteiger partial charge on any atom is 0.164 e. The lowest BCUT2D eigenvalue weighted by Crippen LogP contribution is -2.35. The maximum absolute atomic E-state index is 10.2. The normalized spacial score (nSPS) is 24.6. The van der Waals surface area contributed by atoms with Gasteiger partial charge in [-0.1, -0.05) is 35.5 Å². The molecule has 126 valence electrons. The molecule has 0 aromatic heterocycles. The van der Waals surface area contributed by atoms with Crippen molar-refractivity contribution < 1.29 is 19.4 Å². The molecule has 1 aromatic carbocycles. The highest BCUT2D eigenvalue weighted by Gasteiger charge is 2.43. The van der Waals surface area contributed by atoms with Crippen LogP contribution in [0, 0.1) is 0 Å². The van der Waals surface area contributed by atoms with E-state index in [-0.39, 0.29) is 0 Å². The molecule has 1 N–H and O–H groups in total. The minimum Gasteiger partial charge on any atom is -0.391 e. The number of hydrogen-bond acceptors (Lipinski definition) is 5. The fourth-order valence-corrected chi connectivity index (χ4v) is 2.75. The molecule has 1 aromatic rings. The number of oxime groups is 1. The zero-order valence-electron chi connectivity index (χ0n) is 12.9. The fourth-order valence-electron chi connectivity index (χ4n) is 2.21. The minimum absolute atomic E-state index is 0.369. The van der Waals surface area contributed by atoms with Crippen molar-refractivity contribution in [2.75, 3.05) is 0 Å². The molecular weight excluding hydrogens is 430 g/mol. The molecule has 0 radical (unpaired) electrons. The maximum atomic E-state index is 10.2. The number of hydrogen-bond donors (Lipinski definition) is 1. The molecule has 2 rings (SSSR count). The van der Waals surface area contributed by atoms with E-state index in [1.54, 1.807) is 19.9 Å². The molecule has 1 aliphatic rings. The summed E-state index contributed by atoms with van der Waals surface area (Å²) in [7, 11) is 0. The molecule has 0 amide bonds. The minimum atomic E-state index is -0.851. The molecule has 23 heavy (non-hydrogen) atoms. The molecule has 0 saturated carbocycles. The summed E-state index contributed by atoms with van der Waals surface area (Å²) in [4.78, 5) is 5.28. The molecule has 1 saturated heterocycles. The Morgan fingerprint density at radius 3 is 2.70 bits per heavy atom. The number of benzene rings is 1. The number of ether oxygens (including phenoxy) is 2. The molecule has 1 aliphatic heterocycles. The predicted octanol–water partition coefficient (Wildman–Crippen LogP) is 3.70. The Morgan fingerprint density at radius 2 is 2.04 bits per heavy atom. The Morgan fingerprint density at radius 1 is 1.35 bits per heavy atom. The topological polar surface area (TPSA) is 60.3 Å². The first-order chi connectivity index (χ1) is 10.9. The van der Waals surface area contributed by atoms with Crippen LogP contribution in [0.4, 0.5) is 0 Å². The highest BCUT2D eigenvalue weighted by molar-refractivity contribution is 9.28. The number of halogens is 2. The van der Waals surface area contributed by atoms with Gasteiger partial charge in [-0.3, -0.25) is 0 Å². The van der Waals surface area contributed by atoms with Crippen molar-refractivity contribution >= 4 is 38.1 Å². The van der Waals surface area contributed by atoms with Gasteiger partial charge < -0.3 is 19.4 Å². The Hall–Kier alpha value is -0.730. The molecule has 7 heteroatoms. The lowest BCUT2D eigenvalue weighted by atomic mass is 10.1. The number of rotatable bonds is 6. The molecule has 5 nitrogen and oxygen atoms in total. The van der Waals surface area contributed by atoms with Crippen LogP contribution in [-0.4, -0.2) is 35.4 Å². The van der Waals surface area contributed by atoms with Crippen LogP contribution in [0.15, 0.2) is 45.0 Å². The second-order valence-electron chi connectivity index (χ2n) is 5.53. The predicted molar refractivity (Wildman–Crippen MR) is 95.5 cm³/mol. The SMILES string of the molecule is CC1(C)O[C@H]([C@@H](O)C=C(Br)Br)[C@H](/C=N/OCc2ccccc2)O1. The lowest BCUT2D eigenvalue weighted by molar-refractivity contribution is -0.149. The van der Waals surface area contributed by atoms with E-state index in [9.17, 15) is 5.11 Å². The summed E-state index contributed by atoms with van der Waals surface area (Å²) in [5, 5.41) is 14.2. The molecule has 0 spiro atoms. The van der Waals surface area contributed by atoms with Crippen molar-refractivity contribution in [1.29, 1.82) is 0 Å². The fraction of sp³-hybridized carbons (Fsp3) is 0.438. The second kappa shape index (κ2) is 8.39. The van der Waals surface area contributed by atoms with Gasteiger partial charge in [0.2, 0.25) is 0 Å². The highest BCUT2D eigenvalue weighted by Crippen LogP contribution is 2.30. The van der Waals surface area contributed by atoms with E-state index in [0.29, 0.717) is 10.00 Å². The van der Waals surface area contributed by atoms with Gasteiger partial charge in [-0.25, -0.2) is 0 Å². The van der Waals surface area contributed by atoms with E-state index in [0.717, 1.165) is 5.56 Å². The number of aliphatic hydroxyl groups is 1. The van der Waals surface area contributed by atoms with Gasteiger partial charge >= 0.3 is 0 Å². The second-order valence-corrected chi connectivity index (χ2v) is 8.30. The van der Waals surface area contributed by atoms with Crippen molar-refractivity contribution in [2.24, 2.45) is 5.16 Å². The first-order valence-electron chi connectivity index (χ1n) is 7.13. The zero-order chi connectivity index (χ0) is 16.9. The van der Waals surface area contributed by atoms with Gasteiger partial charge in [0.1, 0.15) is 24.9 Å². The standard InChI is InChI=1S/C16H19Br2NO4/c1-16(2)22-13(15(23-16)12(20)8-14(17)18)9-19-21-10-11-6-4-3-5-7-11/h3-9,12-13,15,20H,10H2,1-2H3/b19-9+/t12-,13-,15+/m0/s1. The third-order valence-electron chi connectivity index (χ3n) is 3.15. The van der Waals surface area contributed by atoms with Crippen LogP contribution in [-0.2, 0) is 20.9 Å². The Kier molecular flexibility index (Phi) is 6.79. The number of nitrogens with zero attached hydrogens (tertiary/aromatic N) is 1. The number of aliphatic hydroxyl groups excluding tert-OH is 1. The van der Waals surface area contributed by atoms with Crippen LogP contribution in [0.1, 0.15) is 19.4 Å². The van der Waals surface area contributed by atoms with E-state index < -0.39 is 24.1 Å². The first kappa shape index (κ1) is 18.6. The van der Waals surface area contributed by atoms with Gasteiger partial charge in [0, 0.05) is 0 Å². The Balaban J connectivity index is 1.95. The van der Waals surface area contributed by atoms with Crippen molar-refractivity contribution in [2.45, 2.75) is 44.6 Å². The Bertz CT molecular complexity index is 558. The quantitative estimate of drug-likeness (QED) is 0.532. The van der Waals surface area contributed by atoms with E-state index in [4.69, 9.17) is 14.3 Å². The van der Waals surface area contributed by atoms with Crippen LogP contribution in [0.3, 0.4) is 0 Å². The van der Waals surface area contributed by atoms with Crippen LogP contribution < -0.4 is 0 Å². The third kappa shape index (κ3) is 6.00. The summed E-state index contributed by atoms with van der Waals surface area (Å²) in [6.07, 6.45) is 1.17. The van der Waals surface area contributed by atoms with Gasteiger partial charge in [0.15, 0.2) is 5.79 Å². The van der Waals surface area contributed by atoms with Gasteiger partial charge in [0.25, 0.3) is 0 Å².